The van der Waals surface area contributed by atoms with Gasteiger partial charge in [0.25, 0.3) is 0 Å². The molecule has 0 spiro atoms. The Bertz CT molecular complexity index is 3190. The number of para-hydroxylation sites is 2. The van der Waals surface area contributed by atoms with Gasteiger partial charge in [-0.15, -0.1) is 0 Å². The fraction of sp³-hybridized carbons (Fsp3) is 0. The molecule has 0 unspecified atom stereocenters. The van der Waals surface area contributed by atoms with Crippen LogP contribution in [0.4, 0.5) is 0 Å². The van der Waals surface area contributed by atoms with Crippen LogP contribution in [0.1, 0.15) is 11.1 Å². The summed E-state index contributed by atoms with van der Waals surface area (Å²) in [4.78, 5) is 15.3. The van der Waals surface area contributed by atoms with Crippen molar-refractivity contribution in [1.29, 1.82) is 0 Å². The fourth-order valence-corrected chi connectivity index (χ4v) is 7.88. The summed E-state index contributed by atoms with van der Waals surface area (Å²) < 4.78 is 13.5. The molecule has 5 nitrogen and oxygen atoms in total. The fourth-order valence-electron chi connectivity index (χ4n) is 7.88. The van der Waals surface area contributed by atoms with E-state index in [0.717, 1.165) is 94.6 Å². The van der Waals surface area contributed by atoms with Crippen LogP contribution < -0.4 is 4.74 Å². The highest BCUT2D eigenvalue weighted by Crippen LogP contribution is 2.45. The van der Waals surface area contributed by atoms with E-state index in [1.807, 2.05) is 66.7 Å². The first-order valence-corrected chi connectivity index (χ1v) is 19.3. The van der Waals surface area contributed by atoms with Crippen LogP contribution in [0.15, 0.2) is 192 Å². The van der Waals surface area contributed by atoms with Crippen molar-refractivity contribution in [1.82, 2.24) is 15.0 Å². The Kier molecular flexibility index (Phi) is 8.07. The SMILES string of the molecule is C1=Cc2ccc(-c3nc(-c4ccccc4)nc(-c4ccc(-c5ccccc5)cc4)n3)cc2-c2cc3oc4ccccc4c3cc2Oc2ccccc2-c2ccccc21. The molecule has 11 rings (SSSR count). The molecule has 5 heteroatoms. The van der Waals surface area contributed by atoms with Gasteiger partial charge in [0.15, 0.2) is 17.5 Å². The minimum Gasteiger partial charge on any atom is -0.456 e. The van der Waals surface area contributed by atoms with E-state index >= 15 is 0 Å². The van der Waals surface area contributed by atoms with Gasteiger partial charge in [0.2, 0.25) is 0 Å². The third-order valence-electron chi connectivity index (χ3n) is 10.8. The highest BCUT2D eigenvalue weighted by atomic mass is 16.5. The smallest absolute Gasteiger partial charge is 0.164 e. The molecule has 2 aromatic heterocycles. The van der Waals surface area contributed by atoms with Crippen molar-refractivity contribution in [3.8, 4) is 79.0 Å². The Balaban J connectivity index is 1.13. The molecule has 8 aromatic carbocycles. The van der Waals surface area contributed by atoms with E-state index in [4.69, 9.17) is 24.1 Å². The molecule has 0 amide bonds. The number of ether oxygens (including phenoxy) is 1. The zero-order valence-corrected chi connectivity index (χ0v) is 31.2. The van der Waals surface area contributed by atoms with Gasteiger partial charge in [0, 0.05) is 38.6 Å². The Morgan fingerprint density at radius 2 is 0.862 bits per heavy atom. The number of hydrogen-bond acceptors (Lipinski definition) is 5. The number of rotatable bonds is 4. The maximum absolute atomic E-state index is 7.04. The lowest BCUT2D eigenvalue weighted by atomic mass is 9.94. The lowest BCUT2D eigenvalue weighted by molar-refractivity contribution is 0.487. The Hall–Kier alpha value is -7.89. The van der Waals surface area contributed by atoms with E-state index in [0.29, 0.717) is 17.5 Å². The van der Waals surface area contributed by atoms with Crippen molar-refractivity contribution < 1.29 is 9.15 Å². The monoisotopic (exact) mass is 743 g/mol. The molecule has 3 heterocycles. The zero-order valence-electron chi connectivity index (χ0n) is 31.2. The predicted molar refractivity (Wildman–Crippen MR) is 235 cm³/mol. The largest absolute Gasteiger partial charge is 0.456 e. The first-order chi connectivity index (χ1) is 28.7. The number of fused-ring (bicyclic) bond motifs is 9. The summed E-state index contributed by atoms with van der Waals surface area (Å²) in [6.07, 6.45) is 4.37. The summed E-state index contributed by atoms with van der Waals surface area (Å²) in [5.41, 5.74) is 12.6. The molecule has 58 heavy (non-hydrogen) atoms. The standard InChI is InChI=1S/C53H33N3O2/c1-3-13-34(14-4-1)35-23-28-39(29-24-35)52-54-51(38-16-5-2-6-17-38)55-53(56-52)40-30-27-37-26-25-36-15-7-8-18-41(36)42-19-9-11-21-47(42)57-50-32-45-43-20-10-12-22-48(43)58-49(45)33-46(50)44(37)31-40/h1-33H. The van der Waals surface area contributed by atoms with Crippen LogP contribution in [-0.2, 0) is 0 Å². The molecule has 0 atom stereocenters. The maximum Gasteiger partial charge on any atom is 0.164 e. The minimum absolute atomic E-state index is 0.569. The molecule has 0 saturated carbocycles. The van der Waals surface area contributed by atoms with Gasteiger partial charge in [0.1, 0.15) is 22.7 Å². The molecular weight excluding hydrogens is 711 g/mol. The number of hydrogen-bond donors (Lipinski definition) is 0. The van der Waals surface area contributed by atoms with Crippen LogP contribution in [0.2, 0.25) is 0 Å². The summed E-state index contributed by atoms with van der Waals surface area (Å²) in [6.45, 7) is 0. The highest BCUT2D eigenvalue weighted by molar-refractivity contribution is 6.07. The van der Waals surface area contributed by atoms with Crippen LogP contribution in [0.3, 0.4) is 0 Å². The average Bonchev–Trinajstić information content (AvgIpc) is 3.65. The molecule has 0 bridgehead atoms. The molecule has 0 radical (unpaired) electrons. The van der Waals surface area contributed by atoms with Gasteiger partial charge < -0.3 is 9.15 Å². The van der Waals surface area contributed by atoms with Crippen LogP contribution in [0.5, 0.6) is 11.5 Å². The van der Waals surface area contributed by atoms with E-state index < -0.39 is 0 Å². The topological polar surface area (TPSA) is 61.0 Å². The van der Waals surface area contributed by atoms with Crippen molar-refractivity contribution in [3.05, 3.63) is 199 Å². The summed E-state index contributed by atoms with van der Waals surface area (Å²) >= 11 is 0. The van der Waals surface area contributed by atoms with Crippen molar-refractivity contribution in [2.24, 2.45) is 0 Å². The second-order valence-corrected chi connectivity index (χ2v) is 14.4. The zero-order chi connectivity index (χ0) is 38.4. The van der Waals surface area contributed by atoms with E-state index in [-0.39, 0.29) is 0 Å². The molecule has 1 aliphatic heterocycles. The maximum atomic E-state index is 7.04. The van der Waals surface area contributed by atoms with Crippen LogP contribution >= 0.6 is 0 Å². The second-order valence-electron chi connectivity index (χ2n) is 14.4. The summed E-state index contributed by atoms with van der Waals surface area (Å²) in [6, 6.07) is 64.3. The van der Waals surface area contributed by atoms with Crippen molar-refractivity contribution in [2.75, 3.05) is 0 Å². The Morgan fingerprint density at radius 3 is 1.64 bits per heavy atom. The molecular formula is C53H33N3O2. The molecule has 1 aliphatic rings. The lowest BCUT2D eigenvalue weighted by Gasteiger charge is -2.17. The third kappa shape index (κ3) is 6.03. The quantitative estimate of drug-likeness (QED) is 0.180. The first-order valence-electron chi connectivity index (χ1n) is 19.3. The Labute approximate surface area is 335 Å². The number of aromatic nitrogens is 3. The molecule has 10 aromatic rings. The first kappa shape index (κ1) is 33.4. The van der Waals surface area contributed by atoms with Gasteiger partial charge in [0.05, 0.1) is 0 Å². The number of furan rings is 1. The second kappa shape index (κ2) is 14.0. The lowest BCUT2D eigenvalue weighted by Crippen LogP contribution is -2.00. The number of benzene rings is 8. The van der Waals surface area contributed by atoms with Gasteiger partial charge in [-0.3, -0.25) is 0 Å². The molecule has 0 N–H and O–H groups in total. The minimum atomic E-state index is 0.569. The molecule has 0 saturated heterocycles. The molecule has 272 valence electrons. The van der Waals surface area contributed by atoms with Gasteiger partial charge in [-0.25, -0.2) is 15.0 Å². The van der Waals surface area contributed by atoms with Gasteiger partial charge >= 0.3 is 0 Å². The predicted octanol–water partition coefficient (Wildman–Crippen LogP) is 14.0. The van der Waals surface area contributed by atoms with E-state index in [9.17, 15) is 0 Å². The highest BCUT2D eigenvalue weighted by Gasteiger charge is 2.21. The van der Waals surface area contributed by atoms with Crippen molar-refractivity contribution in [3.63, 3.8) is 0 Å². The van der Waals surface area contributed by atoms with E-state index in [1.165, 1.54) is 0 Å². The van der Waals surface area contributed by atoms with Gasteiger partial charge in [-0.1, -0.05) is 170 Å². The van der Waals surface area contributed by atoms with E-state index in [1.54, 1.807) is 0 Å². The summed E-state index contributed by atoms with van der Waals surface area (Å²) in [5.74, 6) is 3.26. The third-order valence-corrected chi connectivity index (χ3v) is 10.8. The Morgan fingerprint density at radius 1 is 0.310 bits per heavy atom. The van der Waals surface area contributed by atoms with E-state index in [2.05, 4.69) is 133 Å². The summed E-state index contributed by atoms with van der Waals surface area (Å²) in [7, 11) is 0. The molecule has 0 aliphatic carbocycles. The molecule has 0 fully saturated rings. The van der Waals surface area contributed by atoms with Crippen LogP contribution in [0.25, 0.3) is 102 Å². The van der Waals surface area contributed by atoms with Crippen LogP contribution in [0, 0.1) is 0 Å². The normalized spacial score (nSPS) is 11.9. The average molecular weight is 744 g/mol. The summed E-state index contributed by atoms with van der Waals surface area (Å²) in [5, 5.41) is 2.02. The van der Waals surface area contributed by atoms with Crippen LogP contribution in [-0.4, -0.2) is 15.0 Å². The van der Waals surface area contributed by atoms with Crippen molar-refractivity contribution >= 4 is 34.1 Å². The number of nitrogens with zero attached hydrogens (tertiary/aromatic N) is 3. The van der Waals surface area contributed by atoms with Gasteiger partial charge in [-0.2, -0.15) is 0 Å². The van der Waals surface area contributed by atoms with Gasteiger partial charge in [-0.05, 0) is 63.7 Å². The van der Waals surface area contributed by atoms with Crippen molar-refractivity contribution in [2.45, 2.75) is 0 Å².